The molecule has 1 heterocycles. The number of nitrogens with one attached hydrogen (secondary N) is 1. The summed E-state index contributed by atoms with van der Waals surface area (Å²) in [5, 5.41) is 0. The van der Waals surface area contributed by atoms with Gasteiger partial charge < -0.3 is 0 Å². The molecule has 2 rings (SSSR count). The summed E-state index contributed by atoms with van der Waals surface area (Å²) in [7, 11) is 0. The van der Waals surface area contributed by atoms with E-state index in [0.29, 0.717) is 0 Å². The molecule has 0 saturated carbocycles. The SMILES string of the molecule is NNN1C=Cc2ccccc2S1. The average Bonchev–Trinajstić information content (AvgIpc) is 2.17. The van der Waals surface area contributed by atoms with Crippen LogP contribution in [0.25, 0.3) is 6.08 Å². The number of hydrogen-bond donors (Lipinski definition) is 2. The van der Waals surface area contributed by atoms with Crippen molar-refractivity contribution in [1.82, 2.24) is 9.95 Å². The van der Waals surface area contributed by atoms with Crippen LogP contribution < -0.4 is 11.4 Å². The minimum absolute atomic E-state index is 1.21. The van der Waals surface area contributed by atoms with Crippen LogP contribution in [-0.2, 0) is 0 Å². The lowest BCUT2D eigenvalue weighted by molar-refractivity contribution is 0.468. The van der Waals surface area contributed by atoms with Gasteiger partial charge in [0.1, 0.15) is 0 Å². The standard InChI is InChI=1S/C8H9N3S/c9-10-11-6-5-7-3-1-2-4-8(7)12-11/h1-6,10H,9H2. The highest BCUT2D eigenvalue weighted by molar-refractivity contribution is 7.97. The summed E-state index contributed by atoms with van der Waals surface area (Å²) in [6.45, 7) is 0. The van der Waals surface area contributed by atoms with Crippen molar-refractivity contribution in [3.8, 4) is 0 Å². The molecule has 0 radical (unpaired) electrons. The number of hydrogen-bond acceptors (Lipinski definition) is 4. The predicted octanol–water partition coefficient (Wildman–Crippen LogP) is 1.36. The number of rotatable bonds is 1. The number of nitrogens with zero attached hydrogens (tertiary/aromatic N) is 1. The molecule has 0 fully saturated rings. The molecule has 3 nitrogen and oxygen atoms in total. The molecule has 4 heteroatoms. The molecule has 0 bridgehead atoms. The number of hydrazine groups is 2. The Kier molecular flexibility index (Phi) is 2.03. The van der Waals surface area contributed by atoms with Gasteiger partial charge in [-0.3, -0.25) is 5.84 Å². The van der Waals surface area contributed by atoms with Gasteiger partial charge in [-0.25, -0.2) is 4.41 Å². The van der Waals surface area contributed by atoms with Crippen molar-refractivity contribution in [2.75, 3.05) is 0 Å². The fourth-order valence-corrected chi connectivity index (χ4v) is 1.82. The zero-order chi connectivity index (χ0) is 8.39. The fraction of sp³-hybridized carbons (Fsp3) is 0. The van der Waals surface area contributed by atoms with E-state index in [2.05, 4.69) is 17.7 Å². The molecule has 0 atom stereocenters. The van der Waals surface area contributed by atoms with Crippen LogP contribution in [-0.4, -0.2) is 4.41 Å². The van der Waals surface area contributed by atoms with E-state index in [4.69, 9.17) is 5.84 Å². The lowest BCUT2D eigenvalue weighted by Gasteiger charge is -2.21. The Balaban J connectivity index is 2.33. The number of benzene rings is 1. The second kappa shape index (κ2) is 3.18. The molecule has 0 spiro atoms. The molecule has 0 unspecified atom stereocenters. The van der Waals surface area contributed by atoms with Gasteiger partial charge in [-0.2, -0.15) is 5.53 Å². The maximum atomic E-state index is 5.26. The monoisotopic (exact) mass is 179 g/mol. The lowest BCUT2D eigenvalue weighted by Crippen LogP contribution is -2.34. The van der Waals surface area contributed by atoms with Gasteiger partial charge in [-0.15, -0.1) is 0 Å². The molecule has 62 valence electrons. The van der Waals surface area contributed by atoms with Crippen molar-refractivity contribution in [2.24, 2.45) is 5.84 Å². The van der Waals surface area contributed by atoms with Crippen molar-refractivity contribution in [3.05, 3.63) is 36.0 Å². The minimum Gasteiger partial charge on any atom is -0.252 e. The quantitative estimate of drug-likeness (QED) is 0.388. The van der Waals surface area contributed by atoms with Crippen molar-refractivity contribution < 1.29 is 0 Å². The summed E-state index contributed by atoms with van der Waals surface area (Å²) in [6.07, 6.45) is 3.92. The Morgan fingerprint density at radius 1 is 1.33 bits per heavy atom. The van der Waals surface area contributed by atoms with Crippen molar-refractivity contribution in [2.45, 2.75) is 4.90 Å². The van der Waals surface area contributed by atoms with E-state index in [1.807, 2.05) is 24.4 Å². The topological polar surface area (TPSA) is 41.3 Å². The third-order valence-electron chi connectivity index (χ3n) is 1.63. The van der Waals surface area contributed by atoms with Crippen LogP contribution in [0.1, 0.15) is 5.56 Å². The van der Waals surface area contributed by atoms with Crippen LogP contribution >= 0.6 is 11.9 Å². The Bertz CT molecular complexity index is 311. The zero-order valence-electron chi connectivity index (χ0n) is 6.40. The lowest BCUT2D eigenvalue weighted by atomic mass is 10.2. The number of fused-ring (bicyclic) bond motifs is 1. The van der Waals surface area contributed by atoms with Gasteiger partial charge in [0.15, 0.2) is 0 Å². The van der Waals surface area contributed by atoms with E-state index in [0.717, 1.165) is 0 Å². The Morgan fingerprint density at radius 3 is 3.00 bits per heavy atom. The molecule has 1 aliphatic rings. The van der Waals surface area contributed by atoms with E-state index in [-0.39, 0.29) is 0 Å². The Morgan fingerprint density at radius 2 is 2.17 bits per heavy atom. The Labute approximate surface area is 75.3 Å². The molecular weight excluding hydrogens is 170 g/mol. The summed E-state index contributed by atoms with van der Waals surface area (Å²) in [6, 6.07) is 8.18. The van der Waals surface area contributed by atoms with Gasteiger partial charge in [0.2, 0.25) is 0 Å². The molecule has 0 aliphatic carbocycles. The summed E-state index contributed by atoms with van der Waals surface area (Å²) in [5.41, 5.74) is 3.78. The summed E-state index contributed by atoms with van der Waals surface area (Å²) in [4.78, 5) is 1.21. The third kappa shape index (κ3) is 1.32. The Hall–Kier alpha value is -0.970. The van der Waals surface area contributed by atoms with E-state index in [9.17, 15) is 0 Å². The molecule has 0 amide bonds. The first-order valence-electron chi connectivity index (χ1n) is 3.61. The second-order valence-corrected chi connectivity index (χ2v) is 3.42. The summed E-state index contributed by atoms with van der Waals surface area (Å²) >= 11 is 1.57. The third-order valence-corrected chi connectivity index (χ3v) is 2.62. The first kappa shape index (κ1) is 7.67. The predicted molar refractivity (Wildman–Crippen MR) is 50.5 cm³/mol. The van der Waals surface area contributed by atoms with Gasteiger partial charge in [0.25, 0.3) is 0 Å². The fourth-order valence-electron chi connectivity index (χ4n) is 1.06. The molecule has 1 aliphatic heterocycles. The van der Waals surface area contributed by atoms with Crippen molar-refractivity contribution >= 4 is 18.0 Å². The van der Waals surface area contributed by atoms with Crippen LogP contribution in [0.2, 0.25) is 0 Å². The second-order valence-electron chi connectivity index (χ2n) is 2.40. The smallest absolute Gasteiger partial charge is 0.0373 e. The van der Waals surface area contributed by atoms with E-state index in [1.165, 1.54) is 10.5 Å². The number of nitrogens with two attached hydrogens (primary N) is 1. The maximum absolute atomic E-state index is 5.26. The molecule has 1 aromatic rings. The minimum atomic E-state index is 1.21. The molecule has 1 aromatic carbocycles. The molecular formula is C8H9N3S. The molecule has 12 heavy (non-hydrogen) atoms. The average molecular weight is 179 g/mol. The van der Waals surface area contributed by atoms with Gasteiger partial charge >= 0.3 is 0 Å². The van der Waals surface area contributed by atoms with Crippen LogP contribution in [0, 0.1) is 0 Å². The van der Waals surface area contributed by atoms with Crippen LogP contribution in [0.3, 0.4) is 0 Å². The van der Waals surface area contributed by atoms with Gasteiger partial charge in [-0.1, -0.05) is 18.2 Å². The zero-order valence-corrected chi connectivity index (χ0v) is 7.21. The van der Waals surface area contributed by atoms with Crippen molar-refractivity contribution in [1.29, 1.82) is 0 Å². The first-order valence-corrected chi connectivity index (χ1v) is 4.38. The summed E-state index contributed by atoms with van der Waals surface area (Å²) in [5.74, 6) is 5.26. The van der Waals surface area contributed by atoms with E-state index < -0.39 is 0 Å². The van der Waals surface area contributed by atoms with E-state index in [1.54, 1.807) is 16.4 Å². The van der Waals surface area contributed by atoms with Gasteiger partial charge in [0, 0.05) is 23.0 Å². The molecule has 3 N–H and O–H groups in total. The van der Waals surface area contributed by atoms with Crippen LogP contribution in [0.4, 0.5) is 0 Å². The molecule has 0 saturated heterocycles. The maximum Gasteiger partial charge on any atom is 0.0373 e. The van der Waals surface area contributed by atoms with E-state index >= 15 is 0 Å². The van der Waals surface area contributed by atoms with Crippen molar-refractivity contribution in [3.63, 3.8) is 0 Å². The first-order chi connectivity index (χ1) is 5.90. The normalized spacial score (nSPS) is 14.6. The van der Waals surface area contributed by atoms with Crippen LogP contribution in [0.5, 0.6) is 0 Å². The van der Waals surface area contributed by atoms with Gasteiger partial charge in [-0.05, 0) is 17.7 Å². The highest BCUT2D eigenvalue weighted by Gasteiger charge is 2.08. The summed E-state index contributed by atoms with van der Waals surface area (Å²) < 4.78 is 1.75. The van der Waals surface area contributed by atoms with Crippen LogP contribution in [0.15, 0.2) is 35.4 Å². The highest BCUT2D eigenvalue weighted by atomic mass is 32.2. The largest absolute Gasteiger partial charge is 0.252 e. The molecule has 0 aromatic heterocycles. The highest BCUT2D eigenvalue weighted by Crippen LogP contribution is 2.29. The van der Waals surface area contributed by atoms with Gasteiger partial charge in [0.05, 0.1) is 0 Å².